The molecule has 0 fully saturated rings. The number of fused-ring (bicyclic) bond motifs is 3. The quantitative estimate of drug-likeness (QED) is 0.327. The van der Waals surface area contributed by atoms with Crippen LogP contribution in [0.25, 0.3) is 11.3 Å². The van der Waals surface area contributed by atoms with E-state index in [9.17, 15) is 13.6 Å². The van der Waals surface area contributed by atoms with Crippen LogP contribution in [-0.2, 0) is 0 Å². The highest BCUT2D eigenvalue weighted by Crippen LogP contribution is 2.44. The van der Waals surface area contributed by atoms with E-state index in [1.165, 1.54) is 30.3 Å². The van der Waals surface area contributed by atoms with Gasteiger partial charge in [-0.05, 0) is 54.6 Å². The highest BCUT2D eigenvalue weighted by molar-refractivity contribution is 6.31. The van der Waals surface area contributed by atoms with Crippen LogP contribution in [0.4, 0.5) is 31.8 Å². The van der Waals surface area contributed by atoms with Gasteiger partial charge in [-0.3, -0.25) is 0 Å². The Balaban J connectivity index is 1.61. The molecule has 1 aliphatic heterocycles. The van der Waals surface area contributed by atoms with Crippen molar-refractivity contribution in [3.05, 3.63) is 94.6 Å². The van der Waals surface area contributed by atoms with E-state index in [2.05, 4.69) is 10.3 Å². The fourth-order valence-electron chi connectivity index (χ4n) is 4.21. The van der Waals surface area contributed by atoms with Crippen molar-refractivity contribution in [2.45, 2.75) is 12.8 Å². The largest absolute Gasteiger partial charge is 0.478 e. The Morgan fingerprint density at radius 3 is 2.51 bits per heavy atom. The molecule has 0 saturated carbocycles. The molecule has 2 heterocycles. The molecule has 4 aromatic rings. The minimum atomic E-state index is -1.02. The molecule has 0 aliphatic carbocycles. The molecule has 1 unspecified atom stereocenters. The number of benzene rings is 3. The van der Waals surface area contributed by atoms with Crippen LogP contribution in [0.3, 0.4) is 0 Å². The second kappa shape index (κ2) is 8.96. The first-order valence-electron chi connectivity index (χ1n) is 10.8. The number of carboxylic acid groups (broad SMARTS) is 1. The summed E-state index contributed by atoms with van der Waals surface area (Å²) < 4.78 is 29.6. The van der Waals surface area contributed by atoms with Gasteiger partial charge in [0.05, 0.1) is 16.9 Å². The lowest BCUT2D eigenvalue weighted by Gasteiger charge is -2.27. The molecular weight excluding hydrogens is 474 g/mol. The van der Waals surface area contributed by atoms with Crippen LogP contribution in [0.1, 0.15) is 28.8 Å². The Kier molecular flexibility index (Phi) is 5.82. The molecule has 0 amide bonds. The molecule has 2 N–H and O–H groups in total. The van der Waals surface area contributed by atoms with Crippen LogP contribution in [0, 0.1) is 11.6 Å². The first-order chi connectivity index (χ1) is 16.8. The van der Waals surface area contributed by atoms with Gasteiger partial charge in [0.2, 0.25) is 5.95 Å². The van der Waals surface area contributed by atoms with Gasteiger partial charge in [0.1, 0.15) is 17.3 Å². The van der Waals surface area contributed by atoms with Crippen molar-refractivity contribution >= 4 is 40.6 Å². The number of para-hydroxylation sites is 1. The first-order valence-corrected chi connectivity index (χ1v) is 11.2. The van der Waals surface area contributed by atoms with Crippen LogP contribution in [0.15, 0.2) is 66.9 Å². The van der Waals surface area contributed by atoms with Crippen LogP contribution >= 0.6 is 11.6 Å². The number of carbonyl (C=O) groups is 1. The van der Waals surface area contributed by atoms with Gasteiger partial charge in [-0.1, -0.05) is 24.6 Å². The Labute approximate surface area is 204 Å². The van der Waals surface area contributed by atoms with Crippen molar-refractivity contribution in [3.63, 3.8) is 0 Å². The average molecular weight is 493 g/mol. The molecule has 0 spiro atoms. The highest BCUT2D eigenvalue weighted by Gasteiger charge is 2.30. The molecular formula is C26H19ClF2N4O2. The minimum Gasteiger partial charge on any atom is -0.478 e. The monoisotopic (exact) mass is 492 g/mol. The topological polar surface area (TPSA) is 78.4 Å². The molecule has 1 atom stereocenters. The summed E-state index contributed by atoms with van der Waals surface area (Å²) in [7, 11) is 0. The predicted molar refractivity (Wildman–Crippen MR) is 131 cm³/mol. The number of rotatable bonds is 4. The van der Waals surface area contributed by atoms with E-state index in [0.29, 0.717) is 33.6 Å². The van der Waals surface area contributed by atoms with E-state index in [0.717, 1.165) is 5.56 Å². The minimum absolute atomic E-state index is 0.152. The number of aromatic carboxylic acids is 1. The molecule has 3 aromatic carbocycles. The predicted octanol–water partition coefficient (Wildman–Crippen LogP) is 6.77. The van der Waals surface area contributed by atoms with E-state index < -0.39 is 17.6 Å². The van der Waals surface area contributed by atoms with E-state index >= 15 is 0 Å². The maximum atomic E-state index is 14.8. The molecule has 176 valence electrons. The summed E-state index contributed by atoms with van der Waals surface area (Å²) in [5.41, 5.74) is 3.25. The number of hydrogen-bond acceptors (Lipinski definition) is 5. The Bertz CT molecular complexity index is 1430. The molecule has 0 bridgehead atoms. The summed E-state index contributed by atoms with van der Waals surface area (Å²) >= 11 is 6.30. The molecule has 0 radical (unpaired) electrons. The number of anilines is 4. The van der Waals surface area contributed by atoms with Crippen molar-refractivity contribution in [1.82, 2.24) is 9.97 Å². The highest BCUT2D eigenvalue weighted by atomic mass is 35.5. The Morgan fingerprint density at radius 2 is 1.83 bits per heavy atom. The number of hydrogen-bond donors (Lipinski definition) is 2. The van der Waals surface area contributed by atoms with Gasteiger partial charge in [0.15, 0.2) is 0 Å². The second-order valence-electron chi connectivity index (χ2n) is 8.25. The van der Waals surface area contributed by atoms with Gasteiger partial charge in [-0.2, -0.15) is 0 Å². The normalized spacial score (nSPS) is 14.6. The molecule has 6 nitrogen and oxygen atoms in total. The van der Waals surface area contributed by atoms with Gasteiger partial charge in [0.25, 0.3) is 0 Å². The van der Waals surface area contributed by atoms with E-state index in [1.54, 1.807) is 41.4 Å². The SMILES string of the molecule is CC1CN(c2c(F)cccc2F)c2cc(Cl)ccc2-c2nc(Nc3ccc(C(=O)O)cc3)ncc21. The van der Waals surface area contributed by atoms with Crippen molar-refractivity contribution in [3.8, 4) is 11.3 Å². The Hall–Kier alpha value is -4.04. The first kappa shape index (κ1) is 22.7. The number of nitrogens with zero attached hydrogens (tertiary/aromatic N) is 3. The zero-order valence-corrected chi connectivity index (χ0v) is 19.2. The molecule has 5 rings (SSSR count). The standard InChI is InChI=1S/C26H19ClF2N4O2/c1-14-13-33(24-20(28)3-2-4-21(24)29)22-11-16(27)7-10-18(22)23-19(14)12-30-26(32-23)31-17-8-5-15(6-9-17)25(34)35/h2-12,14H,13H2,1H3,(H,34,35)(H,30,31,32). The summed E-state index contributed by atoms with van der Waals surface area (Å²) in [4.78, 5) is 21.8. The lowest BCUT2D eigenvalue weighted by molar-refractivity contribution is 0.0697. The van der Waals surface area contributed by atoms with Crippen molar-refractivity contribution < 1.29 is 18.7 Å². The number of carboxylic acids is 1. The van der Waals surface area contributed by atoms with Crippen molar-refractivity contribution in [1.29, 1.82) is 0 Å². The lowest BCUT2D eigenvalue weighted by atomic mass is 9.99. The summed E-state index contributed by atoms with van der Waals surface area (Å²) in [6, 6.07) is 15.1. The smallest absolute Gasteiger partial charge is 0.335 e. The van der Waals surface area contributed by atoms with Gasteiger partial charge < -0.3 is 15.3 Å². The third-order valence-electron chi connectivity index (χ3n) is 5.91. The van der Waals surface area contributed by atoms with E-state index in [-0.39, 0.29) is 23.7 Å². The van der Waals surface area contributed by atoms with Gasteiger partial charge in [-0.25, -0.2) is 23.5 Å². The van der Waals surface area contributed by atoms with Crippen LogP contribution < -0.4 is 10.2 Å². The summed E-state index contributed by atoms with van der Waals surface area (Å²) in [5, 5.41) is 12.6. The zero-order valence-electron chi connectivity index (χ0n) is 18.5. The second-order valence-corrected chi connectivity index (χ2v) is 8.68. The zero-order chi connectivity index (χ0) is 24.7. The summed E-state index contributed by atoms with van der Waals surface area (Å²) in [6.07, 6.45) is 1.69. The Morgan fingerprint density at radius 1 is 1.11 bits per heavy atom. The molecule has 1 aromatic heterocycles. The number of halogens is 3. The lowest BCUT2D eigenvalue weighted by Crippen LogP contribution is -2.23. The van der Waals surface area contributed by atoms with E-state index in [4.69, 9.17) is 21.7 Å². The van der Waals surface area contributed by atoms with Gasteiger partial charge >= 0.3 is 5.97 Å². The van der Waals surface area contributed by atoms with Crippen LogP contribution in [0.5, 0.6) is 0 Å². The molecule has 1 aliphatic rings. The van der Waals surface area contributed by atoms with Gasteiger partial charge in [-0.15, -0.1) is 0 Å². The number of aromatic nitrogens is 2. The van der Waals surface area contributed by atoms with Crippen molar-refractivity contribution in [2.24, 2.45) is 0 Å². The van der Waals surface area contributed by atoms with E-state index in [1.807, 2.05) is 6.92 Å². The fraction of sp³-hybridized carbons (Fsp3) is 0.115. The molecule has 9 heteroatoms. The summed E-state index contributed by atoms with van der Waals surface area (Å²) in [5.74, 6) is -2.23. The molecule has 0 saturated heterocycles. The average Bonchev–Trinajstić information content (AvgIpc) is 2.94. The summed E-state index contributed by atoms with van der Waals surface area (Å²) in [6.45, 7) is 2.23. The van der Waals surface area contributed by atoms with Crippen LogP contribution in [0.2, 0.25) is 5.02 Å². The maximum Gasteiger partial charge on any atom is 0.335 e. The third kappa shape index (κ3) is 4.28. The van der Waals surface area contributed by atoms with Crippen LogP contribution in [-0.4, -0.2) is 27.6 Å². The third-order valence-corrected chi connectivity index (χ3v) is 6.14. The fourth-order valence-corrected chi connectivity index (χ4v) is 4.38. The number of nitrogens with one attached hydrogen (secondary N) is 1. The maximum absolute atomic E-state index is 14.8. The van der Waals surface area contributed by atoms with Crippen molar-refractivity contribution in [2.75, 3.05) is 16.8 Å². The van der Waals surface area contributed by atoms with Gasteiger partial charge in [0, 0.05) is 40.5 Å². The molecule has 35 heavy (non-hydrogen) atoms.